The Hall–Kier alpha value is -1.05. The Bertz CT molecular complexity index is 450. The fourth-order valence-corrected chi connectivity index (χ4v) is 3.46. The Kier molecular flexibility index (Phi) is 3.19. The van der Waals surface area contributed by atoms with Crippen molar-refractivity contribution in [3.8, 4) is 0 Å². The number of rotatable bonds is 1. The Balaban J connectivity index is 2.49. The van der Waals surface area contributed by atoms with Crippen LogP contribution in [0.15, 0.2) is 23.9 Å². The highest BCUT2D eigenvalue weighted by Gasteiger charge is 2.50. The monoisotopic (exact) mass is 261 g/mol. The molecule has 0 aromatic carbocycles. The summed E-state index contributed by atoms with van der Waals surface area (Å²) in [5.74, 6) is 0.250. The molecule has 2 rings (SSSR count). The van der Waals surface area contributed by atoms with Crippen LogP contribution in [0.3, 0.4) is 0 Å². The smallest absolute Gasteiger partial charge is 0.184 e. The molecule has 19 heavy (non-hydrogen) atoms. The highest BCUT2D eigenvalue weighted by Crippen LogP contribution is 2.47. The number of ketones is 1. The topological polar surface area (TPSA) is 20.3 Å². The Morgan fingerprint density at radius 1 is 1.21 bits per heavy atom. The molecule has 2 nitrogen and oxygen atoms in total. The van der Waals surface area contributed by atoms with E-state index in [0.717, 1.165) is 25.0 Å². The zero-order valence-electron chi connectivity index (χ0n) is 13.2. The molecular formula is C17H27NO. The molecular weight excluding hydrogens is 234 g/mol. The van der Waals surface area contributed by atoms with Crippen molar-refractivity contribution in [1.29, 1.82) is 0 Å². The molecule has 2 heterocycles. The summed E-state index contributed by atoms with van der Waals surface area (Å²) < 4.78 is 0. The van der Waals surface area contributed by atoms with Crippen LogP contribution >= 0.6 is 0 Å². The summed E-state index contributed by atoms with van der Waals surface area (Å²) in [5.41, 5.74) is 0.714. The van der Waals surface area contributed by atoms with Crippen molar-refractivity contribution < 1.29 is 4.79 Å². The van der Waals surface area contributed by atoms with Crippen molar-refractivity contribution in [3.63, 3.8) is 0 Å². The maximum Gasteiger partial charge on any atom is 0.184 e. The average Bonchev–Trinajstić information content (AvgIpc) is 2.45. The molecule has 1 unspecified atom stereocenters. The highest BCUT2D eigenvalue weighted by molar-refractivity contribution is 5.99. The lowest BCUT2D eigenvalue weighted by molar-refractivity contribution is -0.125. The van der Waals surface area contributed by atoms with Gasteiger partial charge in [-0.25, -0.2) is 0 Å². The standard InChI is InChI=1S/C17H27NO/c1-15(2,3)14(19)13-9-7-8-10-17(6)12-11-16(4,5)18(13)17/h7-9H,10-12H2,1-6H3. The molecule has 0 aromatic heterocycles. The zero-order chi connectivity index (χ0) is 14.5. The SMILES string of the molecule is CC(C)(C)C(=O)C1=CC=CCC2(C)CCC(C)(C)N12. The molecule has 2 aliphatic rings. The molecule has 1 saturated heterocycles. The predicted molar refractivity (Wildman–Crippen MR) is 79.9 cm³/mol. The van der Waals surface area contributed by atoms with E-state index in [2.05, 4.69) is 37.8 Å². The van der Waals surface area contributed by atoms with Crippen molar-refractivity contribution in [1.82, 2.24) is 4.90 Å². The summed E-state index contributed by atoms with van der Waals surface area (Å²) in [4.78, 5) is 15.2. The largest absolute Gasteiger partial charge is 0.358 e. The Morgan fingerprint density at radius 2 is 1.84 bits per heavy atom. The Morgan fingerprint density at radius 3 is 2.42 bits per heavy atom. The maximum atomic E-state index is 12.8. The first-order valence-corrected chi connectivity index (χ1v) is 7.30. The van der Waals surface area contributed by atoms with Crippen molar-refractivity contribution >= 4 is 5.78 Å². The van der Waals surface area contributed by atoms with Crippen molar-refractivity contribution in [2.45, 2.75) is 71.9 Å². The summed E-state index contributed by atoms with van der Waals surface area (Å²) >= 11 is 0. The summed E-state index contributed by atoms with van der Waals surface area (Å²) in [7, 11) is 0. The van der Waals surface area contributed by atoms with E-state index in [1.165, 1.54) is 0 Å². The van der Waals surface area contributed by atoms with Crippen LogP contribution in [0.2, 0.25) is 0 Å². The molecule has 1 atom stereocenters. The first kappa shape index (κ1) is 14.4. The molecule has 2 aliphatic heterocycles. The van der Waals surface area contributed by atoms with Crippen LogP contribution in [0.25, 0.3) is 0 Å². The lowest BCUT2D eigenvalue weighted by atomic mass is 9.86. The Labute approximate surface area is 117 Å². The molecule has 106 valence electrons. The van der Waals surface area contributed by atoms with E-state index >= 15 is 0 Å². The normalized spacial score (nSPS) is 29.8. The number of hydrogen-bond acceptors (Lipinski definition) is 2. The number of fused-ring (bicyclic) bond motifs is 1. The third-order valence-electron chi connectivity index (χ3n) is 4.52. The fraction of sp³-hybridized carbons (Fsp3) is 0.706. The molecule has 1 fully saturated rings. The number of hydrogen-bond donors (Lipinski definition) is 0. The number of carbonyl (C=O) groups excluding carboxylic acids is 1. The van der Waals surface area contributed by atoms with Crippen LogP contribution in [-0.2, 0) is 4.79 Å². The average molecular weight is 261 g/mol. The minimum atomic E-state index is -0.330. The van der Waals surface area contributed by atoms with Gasteiger partial charge >= 0.3 is 0 Å². The van der Waals surface area contributed by atoms with Crippen LogP contribution in [-0.4, -0.2) is 21.8 Å². The van der Waals surface area contributed by atoms with Gasteiger partial charge in [-0.2, -0.15) is 0 Å². The number of Topliss-reactive ketones (excluding diaryl/α,β-unsaturated/α-hetero) is 1. The summed E-state index contributed by atoms with van der Waals surface area (Å²) in [6.07, 6.45) is 9.60. The van der Waals surface area contributed by atoms with E-state index in [-0.39, 0.29) is 22.3 Å². The van der Waals surface area contributed by atoms with Gasteiger partial charge in [0.15, 0.2) is 5.78 Å². The molecule has 0 aromatic rings. The molecule has 0 N–H and O–H groups in total. The number of allylic oxidation sites excluding steroid dienone is 3. The predicted octanol–water partition coefficient (Wildman–Crippen LogP) is 4.08. The molecule has 0 aliphatic carbocycles. The number of nitrogens with zero attached hydrogens (tertiary/aromatic N) is 1. The summed E-state index contributed by atoms with van der Waals surface area (Å²) in [6, 6.07) is 0. The van der Waals surface area contributed by atoms with E-state index in [9.17, 15) is 4.79 Å². The van der Waals surface area contributed by atoms with Crippen molar-refractivity contribution in [2.75, 3.05) is 0 Å². The van der Waals surface area contributed by atoms with Gasteiger partial charge in [0.25, 0.3) is 0 Å². The lowest BCUT2D eigenvalue weighted by Crippen LogP contribution is -2.51. The molecule has 0 spiro atoms. The fourth-order valence-electron chi connectivity index (χ4n) is 3.46. The molecule has 0 bridgehead atoms. The zero-order valence-corrected chi connectivity index (χ0v) is 13.2. The van der Waals surface area contributed by atoms with Crippen molar-refractivity contribution in [2.24, 2.45) is 5.41 Å². The van der Waals surface area contributed by atoms with Crippen molar-refractivity contribution in [3.05, 3.63) is 23.9 Å². The van der Waals surface area contributed by atoms with E-state index in [1.807, 2.05) is 26.8 Å². The van der Waals surface area contributed by atoms with E-state index < -0.39 is 0 Å². The maximum absolute atomic E-state index is 12.8. The summed E-state index contributed by atoms with van der Waals surface area (Å²) in [6.45, 7) is 12.8. The van der Waals surface area contributed by atoms with E-state index in [1.54, 1.807) is 0 Å². The van der Waals surface area contributed by atoms with Gasteiger partial charge in [-0.15, -0.1) is 0 Å². The van der Waals surface area contributed by atoms with Gasteiger partial charge in [0, 0.05) is 16.5 Å². The second-order valence-corrected chi connectivity index (χ2v) is 7.91. The quantitative estimate of drug-likeness (QED) is 0.709. The molecule has 2 heteroatoms. The van der Waals surface area contributed by atoms with E-state index in [4.69, 9.17) is 0 Å². The summed E-state index contributed by atoms with van der Waals surface area (Å²) in [5, 5.41) is 0. The first-order chi connectivity index (χ1) is 8.58. The van der Waals surface area contributed by atoms with Crippen LogP contribution in [0.4, 0.5) is 0 Å². The van der Waals surface area contributed by atoms with Crippen LogP contribution in [0, 0.1) is 5.41 Å². The van der Waals surface area contributed by atoms with E-state index in [0.29, 0.717) is 0 Å². The second kappa shape index (κ2) is 4.22. The molecule has 0 amide bonds. The molecule has 0 saturated carbocycles. The first-order valence-electron chi connectivity index (χ1n) is 7.30. The van der Waals surface area contributed by atoms with Gasteiger partial charge in [-0.1, -0.05) is 32.9 Å². The van der Waals surface area contributed by atoms with Crippen LogP contribution in [0.5, 0.6) is 0 Å². The number of carbonyl (C=O) groups is 1. The van der Waals surface area contributed by atoms with Crippen LogP contribution in [0.1, 0.15) is 60.8 Å². The van der Waals surface area contributed by atoms with Gasteiger partial charge in [0.05, 0.1) is 5.70 Å². The highest BCUT2D eigenvalue weighted by atomic mass is 16.1. The van der Waals surface area contributed by atoms with Gasteiger partial charge in [0.2, 0.25) is 0 Å². The van der Waals surface area contributed by atoms with Crippen LogP contribution < -0.4 is 0 Å². The van der Waals surface area contributed by atoms with Gasteiger partial charge in [0.1, 0.15) is 0 Å². The minimum absolute atomic E-state index is 0.0630. The second-order valence-electron chi connectivity index (χ2n) is 7.91. The lowest BCUT2D eigenvalue weighted by Gasteiger charge is -2.45. The third-order valence-corrected chi connectivity index (χ3v) is 4.52. The molecule has 0 radical (unpaired) electrons. The van der Waals surface area contributed by atoms with Gasteiger partial charge in [-0.05, 0) is 46.1 Å². The minimum Gasteiger partial charge on any atom is -0.358 e. The van der Waals surface area contributed by atoms with Gasteiger partial charge in [-0.3, -0.25) is 4.79 Å². The van der Waals surface area contributed by atoms with Gasteiger partial charge < -0.3 is 4.90 Å². The third kappa shape index (κ3) is 2.37.